The number of aromatic carboxylic acids is 1. The lowest BCUT2D eigenvalue weighted by Crippen LogP contribution is -2.06. The van der Waals surface area contributed by atoms with Crippen LogP contribution in [0.3, 0.4) is 0 Å². The lowest BCUT2D eigenvalue weighted by molar-refractivity contribution is 0.0690. The minimum Gasteiger partial charge on any atom is -0.496 e. The van der Waals surface area contributed by atoms with Gasteiger partial charge in [0.1, 0.15) is 5.75 Å². The Labute approximate surface area is 116 Å². The van der Waals surface area contributed by atoms with Gasteiger partial charge < -0.3 is 15.6 Å². The van der Waals surface area contributed by atoms with Gasteiger partial charge in [-0.3, -0.25) is 0 Å². The summed E-state index contributed by atoms with van der Waals surface area (Å²) >= 11 is 0. The Morgan fingerprint density at radius 3 is 2.50 bits per heavy atom. The minimum absolute atomic E-state index is 0.0622. The number of nitrogens with zero attached hydrogens (tertiary/aromatic N) is 2. The molecule has 2 rings (SSSR count). The second kappa shape index (κ2) is 5.16. The Hall–Kier alpha value is -2.63. The Morgan fingerprint density at radius 2 is 1.90 bits per heavy atom. The summed E-state index contributed by atoms with van der Waals surface area (Å²) in [6.07, 6.45) is 0. The number of anilines is 1. The van der Waals surface area contributed by atoms with Gasteiger partial charge in [0.05, 0.1) is 12.8 Å². The molecule has 2 aromatic rings. The number of nitrogens with two attached hydrogens (primary N) is 1. The van der Waals surface area contributed by atoms with Crippen molar-refractivity contribution < 1.29 is 14.6 Å². The van der Waals surface area contributed by atoms with E-state index in [0.29, 0.717) is 5.69 Å². The minimum atomic E-state index is -1.14. The van der Waals surface area contributed by atoms with E-state index in [0.717, 1.165) is 22.4 Å². The molecule has 0 atom stereocenters. The van der Waals surface area contributed by atoms with E-state index in [4.69, 9.17) is 15.6 Å². The molecule has 6 heteroatoms. The average molecular weight is 273 g/mol. The number of carbonyl (C=O) groups is 1. The maximum absolute atomic E-state index is 11.0. The molecule has 0 unspecified atom stereocenters. The van der Waals surface area contributed by atoms with E-state index in [-0.39, 0.29) is 11.6 Å². The summed E-state index contributed by atoms with van der Waals surface area (Å²) in [6.45, 7) is 3.81. The van der Waals surface area contributed by atoms with Gasteiger partial charge in [0.15, 0.2) is 5.69 Å². The topological polar surface area (TPSA) is 98.3 Å². The van der Waals surface area contributed by atoms with E-state index in [9.17, 15) is 4.79 Å². The number of nitrogen functional groups attached to an aromatic ring is 1. The Kier molecular flexibility index (Phi) is 3.56. The fourth-order valence-electron chi connectivity index (χ4n) is 2.00. The van der Waals surface area contributed by atoms with Gasteiger partial charge in [-0.15, -0.1) is 0 Å². The molecule has 0 aliphatic carbocycles. The van der Waals surface area contributed by atoms with E-state index < -0.39 is 5.97 Å². The van der Waals surface area contributed by atoms with E-state index in [2.05, 4.69) is 9.97 Å². The number of carboxylic acids is 1. The molecule has 0 aliphatic rings. The largest absolute Gasteiger partial charge is 0.496 e. The first-order valence-electron chi connectivity index (χ1n) is 5.96. The number of benzene rings is 1. The van der Waals surface area contributed by atoms with Crippen LogP contribution in [0.4, 0.5) is 5.95 Å². The molecule has 1 aromatic heterocycles. The van der Waals surface area contributed by atoms with Crippen molar-refractivity contribution in [1.29, 1.82) is 0 Å². The summed E-state index contributed by atoms with van der Waals surface area (Å²) in [4.78, 5) is 18.8. The first kappa shape index (κ1) is 13.8. The number of hydrogen-bond acceptors (Lipinski definition) is 5. The van der Waals surface area contributed by atoms with Crippen molar-refractivity contribution in [2.24, 2.45) is 0 Å². The van der Waals surface area contributed by atoms with Gasteiger partial charge in [0.2, 0.25) is 5.95 Å². The highest BCUT2D eigenvalue weighted by molar-refractivity contribution is 5.87. The summed E-state index contributed by atoms with van der Waals surface area (Å²) in [5.41, 5.74) is 8.58. The highest BCUT2D eigenvalue weighted by Gasteiger charge is 2.13. The molecule has 0 radical (unpaired) electrons. The lowest BCUT2D eigenvalue weighted by atomic mass is 10.0. The van der Waals surface area contributed by atoms with Gasteiger partial charge in [-0.05, 0) is 43.2 Å². The van der Waals surface area contributed by atoms with Gasteiger partial charge in [0.25, 0.3) is 0 Å². The van der Waals surface area contributed by atoms with E-state index in [1.54, 1.807) is 7.11 Å². The second-order valence-electron chi connectivity index (χ2n) is 4.44. The Bertz CT molecular complexity index is 684. The smallest absolute Gasteiger partial charge is 0.354 e. The molecule has 6 nitrogen and oxygen atoms in total. The van der Waals surface area contributed by atoms with Crippen LogP contribution < -0.4 is 10.5 Å². The normalized spacial score (nSPS) is 10.3. The molecule has 20 heavy (non-hydrogen) atoms. The molecule has 0 saturated carbocycles. The quantitative estimate of drug-likeness (QED) is 0.888. The molecular weight excluding hydrogens is 258 g/mol. The highest BCUT2D eigenvalue weighted by Crippen LogP contribution is 2.29. The fraction of sp³-hybridized carbons (Fsp3) is 0.214. The maximum atomic E-state index is 11.0. The van der Waals surface area contributed by atoms with Crippen LogP contribution in [-0.2, 0) is 0 Å². The summed E-state index contributed by atoms with van der Waals surface area (Å²) in [5, 5.41) is 9.02. The van der Waals surface area contributed by atoms with Crippen molar-refractivity contribution in [1.82, 2.24) is 9.97 Å². The first-order valence-corrected chi connectivity index (χ1v) is 5.96. The number of hydrogen-bond donors (Lipinski definition) is 2. The predicted molar refractivity (Wildman–Crippen MR) is 74.9 cm³/mol. The first-order chi connectivity index (χ1) is 9.42. The SMILES string of the molecule is COc1cc(C)c(-c2cc(C(=O)O)nc(N)n2)cc1C. The number of aryl methyl sites for hydroxylation is 2. The molecule has 0 amide bonds. The van der Waals surface area contributed by atoms with Crippen LogP contribution in [0.2, 0.25) is 0 Å². The highest BCUT2D eigenvalue weighted by atomic mass is 16.5. The van der Waals surface area contributed by atoms with Crippen molar-refractivity contribution in [3.05, 3.63) is 35.0 Å². The van der Waals surface area contributed by atoms with Crippen LogP contribution in [0.25, 0.3) is 11.3 Å². The van der Waals surface area contributed by atoms with E-state index >= 15 is 0 Å². The van der Waals surface area contributed by atoms with Crippen LogP contribution in [0.1, 0.15) is 21.6 Å². The van der Waals surface area contributed by atoms with Crippen LogP contribution in [0.15, 0.2) is 18.2 Å². The van der Waals surface area contributed by atoms with Crippen molar-refractivity contribution in [2.45, 2.75) is 13.8 Å². The average Bonchev–Trinajstić information content (AvgIpc) is 2.40. The number of carboxylic acid groups (broad SMARTS) is 1. The molecule has 0 fully saturated rings. The monoisotopic (exact) mass is 273 g/mol. The molecule has 0 bridgehead atoms. The number of aromatic nitrogens is 2. The summed E-state index contributed by atoms with van der Waals surface area (Å²) in [7, 11) is 1.60. The Balaban J connectivity index is 2.62. The van der Waals surface area contributed by atoms with Gasteiger partial charge in [-0.2, -0.15) is 0 Å². The number of ether oxygens (including phenoxy) is 1. The summed E-state index contributed by atoms with van der Waals surface area (Å²) < 4.78 is 5.25. The van der Waals surface area contributed by atoms with E-state index in [1.807, 2.05) is 26.0 Å². The predicted octanol–water partition coefficient (Wildman–Crippen LogP) is 2.05. The Morgan fingerprint density at radius 1 is 1.20 bits per heavy atom. The third kappa shape index (κ3) is 2.54. The summed E-state index contributed by atoms with van der Waals surface area (Å²) in [5.74, 6) is -0.428. The van der Waals surface area contributed by atoms with E-state index in [1.165, 1.54) is 6.07 Å². The van der Waals surface area contributed by atoms with Crippen LogP contribution in [-0.4, -0.2) is 28.2 Å². The van der Waals surface area contributed by atoms with Crippen molar-refractivity contribution in [2.75, 3.05) is 12.8 Å². The van der Waals surface area contributed by atoms with Gasteiger partial charge in [0, 0.05) is 5.56 Å². The van der Waals surface area contributed by atoms with Gasteiger partial charge in [-0.1, -0.05) is 0 Å². The number of rotatable bonds is 3. The maximum Gasteiger partial charge on any atom is 0.354 e. The zero-order valence-electron chi connectivity index (χ0n) is 11.5. The van der Waals surface area contributed by atoms with Crippen LogP contribution in [0.5, 0.6) is 5.75 Å². The fourth-order valence-corrected chi connectivity index (χ4v) is 2.00. The molecule has 104 valence electrons. The van der Waals surface area contributed by atoms with Gasteiger partial charge >= 0.3 is 5.97 Å². The number of methoxy groups -OCH3 is 1. The lowest BCUT2D eigenvalue weighted by Gasteiger charge is -2.11. The molecule has 1 heterocycles. The van der Waals surface area contributed by atoms with Crippen molar-refractivity contribution in [3.63, 3.8) is 0 Å². The van der Waals surface area contributed by atoms with Gasteiger partial charge in [-0.25, -0.2) is 14.8 Å². The third-order valence-corrected chi connectivity index (χ3v) is 2.98. The molecule has 0 saturated heterocycles. The van der Waals surface area contributed by atoms with Crippen LogP contribution in [0, 0.1) is 13.8 Å². The zero-order valence-corrected chi connectivity index (χ0v) is 11.5. The second-order valence-corrected chi connectivity index (χ2v) is 4.44. The zero-order chi connectivity index (χ0) is 14.9. The third-order valence-electron chi connectivity index (χ3n) is 2.98. The van der Waals surface area contributed by atoms with Crippen molar-refractivity contribution >= 4 is 11.9 Å². The molecule has 0 spiro atoms. The molecular formula is C14H15N3O3. The molecule has 1 aromatic carbocycles. The molecule has 0 aliphatic heterocycles. The standard InChI is InChI=1S/C14H15N3O3/c1-7-5-12(20-3)8(2)4-9(7)10-6-11(13(18)19)17-14(15)16-10/h4-6H,1-3H3,(H,18,19)(H2,15,16,17). The van der Waals surface area contributed by atoms with Crippen molar-refractivity contribution in [3.8, 4) is 17.0 Å². The molecule has 3 N–H and O–H groups in total. The summed E-state index contributed by atoms with van der Waals surface area (Å²) in [6, 6.07) is 5.18. The van der Waals surface area contributed by atoms with Crippen LogP contribution >= 0.6 is 0 Å².